The molecule has 0 saturated heterocycles. The lowest BCUT2D eigenvalue weighted by Crippen LogP contribution is -2.16. The average Bonchev–Trinajstić information content (AvgIpc) is 2.59. The summed E-state index contributed by atoms with van der Waals surface area (Å²) in [6.45, 7) is 0. The van der Waals surface area contributed by atoms with Crippen LogP contribution in [0.4, 0.5) is 5.69 Å². The fourth-order valence-corrected chi connectivity index (χ4v) is 3.93. The summed E-state index contributed by atoms with van der Waals surface area (Å²) in [5.74, 6) is -0.212. The lowest BCUT2D eigenvalue weighted by Gasteiger charge is -2.27. The molecule has 0 bridgehead atoms. The quantitative estimate of drug-likeness (QED) is 0.193. The molecule has 2 aromatic heterocycles. The summed E-state index contributed by atoms with van der Waals surface area (Å²) < 4.78 is 6.01. The molecule has 2 N–H and O–H groups in total. The molecule has 1 aliphatic heterocycles. The standard InChI is InChI=1S/C15H7Cl2N5O3S2/c16-10-8-7(5-1-3-6(4-2-5)22(23)24)9-11(17)19-15(27)21-13(9)25-12(8)20-14(26)18-10/h1-4,7H,(H,18,20,26)(H,19,21,27). The number of non-ortho nitro benzene ring substituents is 1. The first-order valence-corrected chi connectivity index (χ1v) is 8.94. The SMILES string of the molecule is O=[N+]([O-])c1ccc(C2c3c(nc(=S)[nH]c3Cl)Oc3nc(=S)[nH]c(Cl)c32)cc1. The summed E-state index contributed by atoms with van der Waals surface area (Å²) in [5.41, 5.74) is 1.61. The lowest BCUT2D eigenvalue weighted by atomic mass is 9.86. The molecule has 3 aromatic rings. The molecule has 0 atom stereocenters. The third-order valence-corrected chi connectivity index (χ3v) is 4.96. The Labute approximate surface area is 171 Å². The van der Waals surface area contributed by atoms with Crippen molar-refractivity contribution in [1.29, 1.82) is 0 Å². The number of nitro benzene ring substituents is 1. The van der Waals surface area contributed by atoms with E-state index in [1.54, 1.807) is 12.1 Å². The van der Waals surface area contributed by atoms with Gasteiger partial charge in [0.05, 0.1) is 22.0 Å². The van der Waals surface area contributed by atoms with Crippen molar-refractivity contribution >= 4 is 53.3 Å². The van der Waals surface area contributed by atoms with E-state index in [9.17, 15) is 10.1 Å². The first kappa shape index (κ1) is 18.0. The van der Waals surface area contributed by atoms with Crippen molar-refractivity contribution in [2.24, 2.45) is 0 Å². The molecule has 0 radical (unpaired) electrons. The summed E-state index contributed by atoms with van der Waals surface area (Å²) in [7, 11) is 0. The Morgan fingerprint density at radius 2 is 1.48 bits per heavy atom. The first-order valence-electron chi connectivity index (χ1n) is 7.37. The van der Waals surface area contributed by atoms with Gasteiger partial charge in [-0.1, -0.05) is 35.3 Å². The molecule has 8 nitrogen and oxygen atoms in total. The van der Waals surface area contributed by atoms with Crippen molar-refractivity contribution < 1.29 is 9.66 Å². The van der Waals surface area contributed by atoms with Gasteiger partial charge >= 0.3 is 0 Å². The van der Waals surface area contributed by atoms with Crippen LogP contribution in [0.1, 0.15) is 22.6 Å². The number of fused-ring (bicyclic) bond motifs is 2. The van der Waals surface area contributed by atoms with Gasteiger partial charge in [0.2, 0.25) is 21.3 Å². The molecule has 3 heterocycles. The molecule has 1 aliphatic rings. The van der Waals surface area contributed by atoms with Crippen LogP contribution < -0.4 is 4.74 Å². The number of aromatic amines is 2. The van der Waals surface area contributed by atoms with Crippen LogP contribution in [0.5, 0.6) is 11.8 Å². The highest BCUT2D eigenvalue weighted by molar-refractivity contribution is 7.71. The number of benzene rings is 1. The van der Waals surface area contributed by atoms with Crippen LogP contribution in [0.2, 0.25) is 10.3 Å². The van der Waals surface area contributed by atoms with Gasteiger partial charge < -0.3 is 14.7 Å². The molecule has 4 rings (SSSR count). The maximum atomic E-state index is 11.0. The number of rotatable bonds is 2. The summed E-state index contributed by atoms with van der Waals surface area (Å²) >= 11 is 22.9. The van der Waals surface area contributed by atoms with E-state index in [1.807, 2.05) is 0 Å². The monoisotopic (exact) mass is 439 g/mol. The van der Waals surface area contributed by atoms with Gasteiger partial charge in [0, 0.05) is 12.1 Å². The average molecular weight is 440 g/mol. The van der Waals surface area contributed by atoms with Gasteiger partial charge in [-0.2, -0.15) is 9.97 Å². The number of nitrogens with one attached hydrogen (secondary N) is 2. The zero-order valence-electron chi connectivity index (χ0n) is 13.0. The summed E-state index contributed by atoms with van der Waals surface area (Å²) in [5, 5.41) is 11.4. The molecule has 0 unspecified atom stereocenters. The largest absolute Gasteiger partial charge is 0.420 e. The highest BCUT2D eigenvalue weighted by Gasteiger charge is 2.36. The highest BCUT2D eigenvalue weighted by atomic mass is 35.5. The summed E-state index contributed by atoms with van der Waals surface area (Å²) in [6, 6.07) is 6.00. The minimum absolute atomic E-state index is 0.0420. The first-order chi connectivity index (χ1) is 12.8. The molecule has 0 aliphatic carbocycles. The van der Waals surface area contributed by atoms with Crippen LogP contribution in [0, 0.1) is 19.7 Å². The van der Waals surface area contributed by atoms with Gasteiger partial charge in [0.25, 0.3) is 5.69 Å². The number of hydrogen-bond acceptors (Lipinski definition) is 7. The Morgan fingerprint density at radius 1 is 1.00 bits per heavy atom. The molecule has 12 heteroatoms. The maximum absolute atomic E-state index is 11.0. The molecule has 136 valence electrons. The number of halogens is 2. The number of nitrogens with zero attached hydrogens (tertiary/aromatic N) is 3. The van der Waals surface area contributed by atoms with E-state index >= 15 is 0 Å². The van der Waals surface area contributed by atoms with Crippen LogP contribution >= 0.6 is 47.6 Å². The minimum atomic E-state index is -0.553. The van der Waals surface area contributed by atoms with E-state index in [0.717, 1.165) is 0 Å². The number of hydrogen-bond donors (Lipinski definition) is 2. The van der Waals surface area contributed by atoms with Crippen LogP contribution in [0.15, 0.2) is 24.3 Å². The Kier molecular flexibility index (Phi) is 4.42. The third kappa shape index (κ3) is 3.10. The van der Waals surface area contributed by atoms with Crippen molar-refractivity contribution in [1.82, 2.24) is 19.9 Å². The Morgan fingerprint density at radius 3 is 1.93 bits per heavy atom. The molecule has 0 fully saturated rings. The van der Waals surface area contributed by atoms with Crippen molar-refractivity contribution in [2.45, 2.75) is 5.92 Å². The minimum Gasteiger partial charge on any atom is -0.420 e. The lowest BCUT2D eigenvalue weighted by molar-refractivity contribution is -0.384. The Balaban J connectivity index is 2.02. The summed E-state index contributed by atoms with van der Waals surface area (Å²) in [4.78, 5) is 24.4. The highest BCUT2D eigenvalue weighted by Crippen LogP contribution is 2.49. The second kappa shape index (κ2) is 6.64. The van der Waals surface area contributed by atoms with Crippen molar-refractivity contribution in [2.75, 3.05) is 0 Å². The fraction of sp³-hybridized carbons (Fsp3) is 0.0667. The normalized spacial score (nSPS) is 12.8. The van der Waals surface area contributed by atoms with E-state index < -0.39 is 10.8 Å². The molecule has 0 saturated carbocycles. The molecule has 1 aromatic carbocycles. The number of H-pyrrole nitrogens is 2. The van der Waals surface area contributed by atoms with Crippen LogP contribution in [-0.2, 0) is 0 Å². The second-order valence-corrected chi connectivity index (χ2v) is 7.06. The van der Waals surface area contributed by atoms with Crippen LogP contribution in [0.3, 0.4) is 0 Å². The van der Waals surface area contributed by atoms with Crippen LogP contribution in [-0.4, -0.2) is 24.9 Å². The number of aromatic nitrogens is 4. The Bertz CT molecular complexity index is 1140. The second-order valence-electron chi connectivity index (χ2n) is 5.53. The van der Waals surface area contributed by atoms with E-state index in [4.69, 9.17) is 52.4 Å². The smallest absolute Gasteiger partial charge is 0.269 e. The van der Waals surface area contributed by atoms with Gasteiger partial charge in [-0.3, -0.25) is 10.1 Å². The maximum Gasteiger partial charge on any atom is 0.269 e. The number of ether oxygens (including phenoxy) is 1. The predicted octanol–water partition coefficient (Wildman–Crippen LogP) is 5.09. The van der Waals surface area contributed by atoms with E-state index in [2.05, 4.69) is 19.9 Å². The topological polar surface area (TPSA) is 110 Å². The molecular formula is C15H7Cl2N5O3S2. The zero-order valence-corrected chi connectivity index (χ0v) is 16.2. The van der Waals surface area contributed by atoms with Crippen LogP contribution in [0.25, 0.3) is 0 Å². The molecule has 0 amide bonds. The molecule has 27 heavy (non-hydrogen) atoms. The fourth-order valence-electron chi connectivity index (χ4n) is 2.88. The van der Waals surface area contributed by atoms with Crippen molar-refractivity contribution in [3.05, 3.63) is 70.9 Å². The van der Waals surface area contributed by atoms with E-state index in [0.29, 0.717) is 16.7 Å². The van der Waals surface area contributed by atoms with Gasteiger partial charge in [-0.25, -0.2) is 0 Å². The van der Waals surface area contributed by atoms with Gasteiger partial charge in [0.15, 0.2) is 0 Å². The van der Waals surface area contributed by atoms with Gasteiger partial charge in [-0.05, 0) is 30.0 Å². The van der Waals surface area contributed by atoms with E-state index in [1.165, 1.54) is 12.1 Å². The third-order valence-electron chi connectivity index (χ3n) is 3.98. The molecular weight excluding hydrogens is 433 g/mol. The van der Waals surface area contributed by atoms with Gasteiger partial charge in [0.1, 0.15) is 10.3 Å². The zero-order chi connectivity index (χ0) is 19.3. The summed E-state index contributed by atoms with van der Waals surface area (Å²) in [6.07, 6.45) is 0. The van der Waals surface area contributed by atoms with E-state index in [-0.39, 0.29) is 37.3 Å². The predicted molar refractivity (Wildman–Crippen MR) is 103 cm³/mol. The number of nitro groups is 1. The van der Waals surface area contributed by atoms with Crippen molar-refractivity contribution in [3.63, 3.8) is 0 Å². The molecule has 0 spiro atoms. The van der Waals surface area contributed by atoms with Crippen molar-refractivity contribution in [3.8, 4) is 11.8 Å². The Hall–Kier alpha value is -2.40. The van der Waals surface area contributed by atoms with Gasteiger partial charge in [-0.15, -0.1) is 0 Å².